The van der Waals surface area contributed by atoms with E-state index in [1.807, 2.05) is 0 Å². The van der Waals surface area contributed by atoms with E-state index in [-0.39, 0.29) is 23.1 Å². The molecule has 0 saturated heterocycles. The number of carbonyl (C=O) groups excluding carboxylic acids is 3. The molecule has 15 heavy (non-hydrogen) atoms. The highest BCUT2D eigenvalue weighted by Crippen LogP contribution is 2.11. The van der Waals surface area contributed by atoms with Crippen molar-refractivity contribution in [3.8, 4) is 0 Å². The van der Waals surface area contributed by atoms with Crippen LogP contribution in [0.15, 0.2) is 12.1 Å². The molecule has 5 heteroatoms. The smallest absolute Gasteiger partial charge is 0.221 e. The second-order valence-electron chi connectivity index (χ2n) is 3.02. The number of rotatable bonds is 3. The van der Waals surface area contributed by atoms with Gasteiger partial charge in [0.1, 0.15) is 11.4 Å². The number of carbonyl (C=O) groups is 3. The molecule has 1 aromatic rings. The lowest BCUT2D eigenvalue weighted by molar-refractivity contribution is -0.114. The minimum Gasteiger partial charge on any atom is -0.326 e. The van der Waals surface area contributed by atoms with Gasteiger partial charge in [-0.2, -0.15) is 0 Å². The van der Waals surface area contributed by atoms with Crippen molar-refractivity contribution in [2.45, 2.75) is 13.8 Å². The van der Waals surface area contributed by atoms with E-state index in [9.17, 15) is 14.4 Å². The average molecular weight is 206 g/mol. The first-order valence-electron chi connectivity index (χ1n) is 4.28. The molecule has 1 rings (SSSR count). The minimum absolute atomic E-state index is 0.117. The number of hydrogen-bond donors (Lipinski definition) is 1. The van der Waals surface area contributed by atoms with E-state index in [0.717, 1.165) is 0 Å². The third-order valence-electron chi connectivity index (χ3n) is 1.65. The average Bonchev–Trinajstić information content (AvgIpc) is 2.16. The molecule has 1 amide bonds. The van der Waals surface area contributed by atoms with Gasteiger partial charge in [0.05, 0.1) is 0 Å². The Bertz CT molecular complexity index is 427. The van der Waals surface area contributed by atoms with E-state index in [4.69, 9.17) is 0 Å². The van der Waals surface area contributed by atoms with Crippen molar-refractivity contribution in [1.82, 2.24) is 4.98 Å². The van der Waals surface area contributed by atoms with Crippen LogP contribution in [0, 0.1) is 0 Å². The summed E-state index contributed by atoms with van der Waals surface area (Å²) in [4.78, 5) is 36.2. The first kappa shape index (κ1) is 11.0. The largest absolute Gasteiger partial charge is 0.326 e. The summed E-state index contributed by atoms with van der Waals surface area (Å²) in [6.07, 6.45) is 0.526. The maximum Gasteiger partial charge on any atom is 0.221 e. The van der Waals surface area contributed by atoms with E-state index < -0.39 is 0 Å². The lowest BCUT2D eigenvalue weighted by atomic mass is 10.2. The van der Waals surface area contributed by atoms with E-state index in [2.05, 4.69) is 10.3 Å². The standard InChI is InChI=1S/C10H10N2O3/c1-6(14)10-4-8(11-7(2)15)3-9(5-13)12-10/h3-5H,1-2H3,(H,11,12,15). The Morgan fingerprint density at radius 3 is 2.47 bits per heavy atom. The summed E-state index contributed by atoms with van der Waals surface area (Å²) in [5.41, 5.74) is 0.666. The molecule has 0 aliphatic rings. The molecule has 0 aliphatic carbocycles. The quantitative estimate of drug-likeness (QED) is 0.592. The third kappa shape index (κ3) is 2.98. The molecule has 0 aliphatic heterocycles. The Morgan fingerprint density at radius 1 is 1.33 bits per heavy atom. The van der Waals surface area contributed by atoms with Crippen molar-refractivity contribution in [2.75, 3.05) is 5.32 Å². The number of amides is 1. The van der Waals surface area contributed by atoms with E-state index in [1.165, 1.54) is 26.0 Å². The first-order chi connectivity index (χ1) is 7.02. The lowest BCUT2D eigenvalue weighted by Gasteiger charge is -2.04. The fourth-order valence-electron chi connectivity index (χ4n) is 1.07. The summed E-state index contributed by atoms with van der Waals surface area (Å²) in [6.45, 7) is 2.68. The summed E-state index contributed by atoms with van der Waals surface area (Å²) in [7, 11) is 0. The van der Waals surface area contributed by atoms with Crippen LogP contribution in [0.2, 0.25) is 0 Å². The van der Waals surface area contributed by atoms with Gasteiger partial charge in [0, 0.05) is 19.5 Å². The molecule has 1 N–H and O–H groups in total. The molecule has 78 valence electrons. The topological polar surface area (TPSA) is 76.1 Å². The van der Waals surface area contributed by atoms with Gasteiger partial charge in [-0.25, -0.2) is 4.98 Å². The molecule has 0 bridgehead atoms. The molecule has 0 aromatic carbocycles. The molecule has 0 unspecified atom stereocenters. The Morgan fingerprint density at radius 2 is 2.00 bits per heavy atom. The van der Waals surface area contributed by atoms with Crippen molar-refractivity contribution in [3.63, 3.8) is 0 Å². The molecule has 1 aromatic heterocycles. The monoisotopic (exact) mass is 206 g/mol. The van der Waals surface area contributed by atoms with Gasteiger partial charge in [-0.15, -0.1) is 0 Å². The minimum atomic E-state index is -0.271. The maximum absolute atomic E-state index is 11.1. The van der Waals surface area contributed by atoms with Gasteiger partial charge in [-0.3, -0.25) is 14.4 Å². The van der Waals surface area contributed by atoms with E-state index in [1.54, 1.807) is 0 Å². The van der Waals surface area contributed by atoms with Crippen LogP contribution >= 0.6 is 0 Å². The summed E-state index contributed by atoms with van der Waals surface area (Å²) in [5, 5.41) is 2.48. The molecular formula is C10H10N2O3. The van der Waals surface area contributed by atoms with E-state index in [0.29, 0.717) is 12.0 Å². The SMILES string of the molecule is CC(=O)Nc1cc(C=O)nc(C(C)=O)c1. The molecular weight excluding hydrogens is 196 g/mol. The molecule has 5 nitrogen and oxygen atoms in total. The van der Waals surface area contributed by atoms with Crippen molar-refractivity contribution in [3.05, 3.63) is 23.5 Å². The van der Waals surface area contributed by atoms with E-state index >= 15 is 0 Å². The third-order valence-corrected chi connectivity index (χ3v) is 1.65. The highest BCUT2D eigenvalue weighted by Gasteiger charge is 2.06. The van der Waals surface area contributed by atoms with Crippen LogP contribution in [0.3, 0.4) is 0 Å². The normalized spacial score (nSPS) is 9.47. The zero-order valence-electron chi connectivity index (χ0n) is 8.40. The fraction of sp³-hybridized carbons (Fsp3) is 0.200. The second kappa shape index (κ2) is 4.45. The number of nitrogens with zero attached hydrogens (tertiary/aromatic N) is 1. The number of anilines is 1. The van der Waals surface area contributed by atoms with Crippen molar-refractivity contribution < 1.29 is 14.4 Å². The number of aldehydes is 1. The lowest BCUT2D eigenvalue weighted by Crippen LogP contribution is -2.09. The summed E-state index contributed by atoms with van der Waals surface area (Å²) < 4.78 is 0. The van der Waals surface area contributed by atoms with Gasteiger partial charge in [0.15, 0.2) is 12.1 Å². The van der Waals surface area contributed by atoms with Crippen LogP contribution in [0.1, 0.15) is 34.8 Å². The summed E-state index contributed by atoms with van der Waals surface area (Å²) in [6, 6.07) is 2.83. The Kier molecular flexibility index (Phi) is 3.28. The van der Waals surface area contributed by atoms with Crippen molar-refractivity contribution in [1.29, 1.82) is 0 Å². The van der Waals surface area contributed by atoms with Crippen LogP contribution in [0.4, 0.5) is 5.69 Å². The van der Waals surface area contributed by atoms with Gasteiger partial charge >= 0.3 is 0 Å². The number of hydrogen-bond acceptors (Lipinski definition) is 4. The van der Waals surface area contributed by atoms with Gasteiger partial charge in [0.25, 0.3) is 0 Å². The Labute approximate surface area is 86.5 Å². The van der Waals surface area contributed by atoms with Gasteiger partial charge in [-0.05, 0) is 12.1 Å². The molecule has 0 radical (unpaired) electrons. The maximum atomic E-state index is 11.1. The van der Waals surface area contributed by atoms with Crippen LogP contribution in [-0.2, 0) is 4.79 Å². The number of ketones is 1. The predicted octanol–water partition coefficient (Wildman–Crippen LogP) is 1.06. The number of aromatic nitrogens is 1. The Balaban J connectivity index is 3.16. The van der Waals surface area contributed by atoms with Crippen LogP contribution < -0.4 is 5.32 Å². The number of pyridine rings is 1. The predicted molar refractivity (Wildman–Crippen MR) is 53.9 cm³/mol. The number of nitrogens with one attached hydrogen (secondary N) is 1. The van der Waals surface area contributed by atoms with Crippen LogP contribution in [0.25, 0.3) is 0 Å². The zero-order chi connectivity index (χ0) is 11.4. The van der Waals surface area contributed by atoms with Gasteiger partial charge in [-0.1, -0.05) is 0 Å². The number of Topliss-reactive ketones (excluding diaryl/α,β-unsaturated/α-hetero) is 1. The molecule has 0 saturated carbocycles. The second-order valence-corrected chi connectivity index (χ2v) is 3.02. The zero-order valence-corrected chi connectivity index (χ0v) is 8.40. The molecule has 0 atom stereocenters. The summed E-state index contributed by atoms with van der Waals surface area (Å²) >= 11 is 0. The first-order valence-corrected chi connectivity index (χ1v) is 4.28. The summed E-state index contributed by atoms with van der Waals surface area (Å²) in [5.74, 6) is -0.530. The molecule has 0 spiro atoms. The van der Waals surface area contributed by atoms with Crippen molar-refractivity contribution in [2.24, 2.45) is 0 Å². The molecule has 0 fully saturated rings. The van der Waals surface area contributed by atoms with Crippen molar-refractivity contribution >= 4 is 23.7 Å². The Hall–Kier alpha value is -2.04. The van der Waals surface area contributed by atoms with Gasteiger partial charge < -0.3 is 5.32 Å². The highest BCUT2D eigenvalue weighted by atomic mass is 16.1. The molecule has 1 heterocycles. The van der Waals surface area contributed by atoms with Gasteiger partial charge in [0.2, 0.25) is 5.91 Å². The van der Waals surface area contributed by atoms with Crippen LogP contribution in [0.5, 0.6) is 0 Å². The highest BCUT2D eigenvalue weighted by molar-refractivity contribution is 5.96. The van der Waals surface area contributed by atoms with Crippen LogP contribution in [-0.4, -0.2) is 23.0 Å². The fourth-order valence-corrected chi connectivity index (χ4v) is 1.07.